The molecule has 0 unspecified atom stereocenters. The van der Waals surface area contributed by atoms with E-state index in [2.05, 4.69) is 17.2 Å². The zero-order chi connectivity index (χ0) is 21.8. The first-order chi connectivity index (χ1) is 14.5. The molecule has 0 aliphatic carbocycles. The zero-order valence-electron chi connectivity index (χ0n) is 16.7. The average molecular weight is 412 g/mol. The van der Waals surface area contributed by atoms with Crippen LogP contribution < -0.4 is 20.1 Å². The summed E-state index contributed by atoms with van der Waals surface area (Å²) in [5.74, 6) is -0.335. The van der Waals surface area contributed by atoms with Crippen LogP contribution >= 0.6 is 0 Å². The summed E-state index contributed by atoms with van der Waals surface area (Å²) in [6.07, 6.45) is 1.44. The summed E-state index contributed by atoms with van der Waals surface area (Å²) in [7, 11) is 1.46. The van der Waals surface area contributed by atoms with Crippen molar-refractivity contribution >= 4 is 17.9 Å². The molecular weight excluding hydrogens is 388 g/mol. The Kier molecular flexibility index (Phi) is 8.92. The Morgan fingerprint density at radius 3 is 2.53 bits per heavy atom. The lowest BCUT2D eigenvalue weighted by Crippen LogP contribution is -2.39. The summed E-state index contributed by atoms with van der Waals surface area (Å²) >= 11 is 0. The van der Waals surface area contributed by atoms with Gasteiger partial charge in [-0.25, -0.2) is 9.59 Å². The van der Waals surface area contributed by atoms with Gasteiger partial charge in [-0.2, -0.15) is 0 Å². The number of benzene rings is 2. The lowest BCUT2D eigenvalue weighted by molar-refractivity contribution is -0.120. The molecule has 2 N–H and O–H groups in total. The number of urea groups is 1. The van der Waals surface area contributed by atoms with Crippen LogP contribution in [0.15, 0.2) is 61.2 Å². The highest BCUT2D eigenvalue weighted by atomic mass is 16.5. The number of esters is 1. The normalized spacial score (nSPS) is 9.90. The molecule has 0 radical (unpaired) electrons. The molecule has 0 saturated heterocycles. The van der Waals surface area contributed by atoms with Gasteiger partial charge in [0.05, 0.1) is 19.1 Å². The van der Waals surface area contributed by atoms with Crippen molar-refractivity contribution in [3.63, 3.8) is 0 Å². The highest BCUT2D eigenvalue weighted by molar-refractivity contribution is 5.94. The van der Waals surface area contributed by atoms with Crippen LogP contribution in [0.2, 0.25) is 0 Å². The van der Waals surface area contributed by atoms with Crippen molar-refractivity contribution in [2.45, 2.75) is 13.0 Å². The Balaban J connectivity index is 1.74. The number of rotatable bonds is 10. The van der Waals surface area contributed by atoms with Crippen molar-refractivity contribution in [2.75, 3.05) is 20.3 Å². The van der Waals surface area contributed by atoms with Gasteiger partial charge in [0.1, 0.15) is 13.2 Å². The molecule has 158 valence electrons. The van der Waals surface area contributed by atoms with E-state index in [0.717, 1.165) is 5.56 Å². The number of methoxy groups -OCH3 is 1. The number of amides is 3. The van der Waals surface area contributed by atoms with E-state index in [1.807, 2.05) is 30.3 Å². The van der Waals surface area contributed by atoms with E-state index in [0.29, 0.717) is 24.7 Å². The third kappa shape index (κ3) is 7.31. The van der Waals surface area contributed by atoms with Gasteiger partial charge in [-0.05, 0) is 23.8 Å². The minimum absolute atomic E-state index is 0.151. The maximum atomic E-state index is 12.2. The van der Waals surface area contributed by atoms with Gasteiger partial charge in [-0.3, -0.25) is 10.1 Å². The van der Waals surface area contributed by atoms with E-state index in [9.17, 15) is 14.4 Å². The Morgan fingerprint density at radius 2 is 1.83 bits per heavy atom. The molecule has 30 heavy (non-hydrogen) atoms. The second-order valence-corrected chi connectivity index (χ2v) is 6.07. The van der Waals surface area contributed by atoms with Crippen LogP contribution in [0, 0.1) is 0 Å². The smallest absolute Gasteiger partial charge is 0.338 e. The van der Waals surface area contributed by atoms with E-state index in [4.69, 9.17) is 14.2 Å². The van der Waals surface area contributed by atoms with Gasteiger partial charge in [0.25, 0.3) is 0 Å². The first-order valence-corrected chi connectivity index (χ1v) is 9.24. The SMILES string of the molecule is C=CCOc1ccc(C(=O)OCCC(=O)NC(=O)NCc2ccccc2)cc1OC. The molecule has 2 rings (SSSR count). The van der Waals surface area contributed by atoms with Crippen molar-refractivity contribution in [3.05, 3.63) is 72.3 Å². The van der Waals surface area contributed by atoms with Gasteiger partial charge in [-0.1, -0.05) is 43.0 Å². The lowest BCUT2D eigenvalue weighted by Gasteiger charge is -2.11. The van der Waals surface area contributed by atoms with E-state index < -0.39 is 17.9 Å². The predicted octanol–water partition coefficient (Wildman–Crippen LogP) is 2.83. The number of nitrogens with one attached hydrogen (secondary N) is 2. The van der Waals surface area contributed by atoms with Gasteiger partial charge in [0, 0.05) is 6.54 Å². The molecular formula is C22H24N2O6. The van der Waals surface area contributed by atoms with Crippen molar-refractivity contribution in [3.8, 4) is 11.5 Å². The maximum absolute atomic E-state index is 12.2. The molecule has 0 saturated carbocycles. The number of carbonyl (C=O) groups excluding carboxylic acids is 3. The molecule has 2 aromatic rings. The summed E-state index contributed by atoms with van der Waals surface area (Å²) in [5, 5.41) is 4.76. The topological polar surface area (TPSA) is 103 Å². The van der Waals surface area contributed by atoms with Gasteiger partial charge in [-0.15, -0.1) is 0 Å². The second-order valence-electron chi connectivity index (χ2n) is 6.07. The average Bonchev–Trinajstić information content (AvgIpc) is 2.76. The number of hydrogen-bond acceptors (Lipinski definition) is 6. The van der Waals surface area contributed by atoms with E-state index >= 15 is 0 Å². The Hall–Kier alpha value is -3.81. The molecule has 8 heteroatoms. The monoisotopic (exact) mass is 412 g/mol. The van der Waals surface area contributed by atoms with E-state index in [1.165, 1.54) is 19.2 Å². The Bertz CT molecular complexity index is 882. The standard InChI is InChI=1S/C22H24N2O6/c1-3-12-29-18-10-9-17(14-19(18)28-2)21(26)30-13-11-20(25)24-22(27)23-15-16-7-5-4-6-8-16/h3-10,14H,1,11-13,15H2,2H3,(H2,23,24,25,27). The summed E-state index contributed by atoms with van der Waals surface area (Å²) in [5.41, 5.74) is 1.16. The Morgan fingerprint density at radius 1 is 1.07 bits per heavy atom. The third-order valence-corrected chi connectivity index (χ3v) is 3.87. The van der Waals surface area contributed by atoms with Crippen LogP contribution in [0.25, 0.3) is 0 Å². The van der Waals surface area contributed by atoms with Crippen LogP contribution in [-0.4, -0.2) is 38.2 Å². The van der Waals surface area contributed by atoms with Gasteiger partial charge in [0.15, 0.2) is 11.5 Å². The second kappa shape index (κ2) is 11.9. The highest BCUT2D eigenvalue weighted by Gasteiger charge is 2.14. The quantitative estimate of drug-likeness (QED) is 0.460. The summed E-state index contributed by atoms with van der Waals surface area (Å²) in [6, 6.07) is 13.3. The first kappa shape index (κ1) is 22.5. The molecule has 0 aliphatic heterocycles. The molecule has 0 aromatic heterocycles. The van der Waals surface area contributed by atoms with Crippen LogP contribution in [0.1, 0.15) is 22.3 Å². The fourth-order valence-corrected chi connectivity index (χ4v) is 2.39. The van der Waals surface area contributed by atoms with Crippen molar-refractivity contribution in [2.24, 2.45) is 0 Å². The van der Waals surface area contributed by atoms with Crippen LogP contribution in [0.4, 0.5) is 4.79 Å². The number of ether oxygens (including phenoxy) is 3. The maximum Gasteiger partial charge on any atom is 0.338 e. The molecule has 0 fully saturated rings. The molecule has 0 spiro atoms. The molecule has 0 atom stereocenters. The fraction of sp³-hybridized carbons (Fsp3) is 0.227. The molecule has 3 amide bonds. The summed E-state index contributed by atoms with van der Waals surface area (Å²) in [4.78, 5) is 35.7. The minimum atomic E-state index is -0.620. The molecule has 8 nitrogen and oxygen atoms in total. The molecule has 0 heterocycles. The molecule has 2 aromatic carbocycles. The van der Waals surface area contributed by atoms with Crippen LogP contribution in [0.5, 0.6) is 11.5 Å². The van der Waals surface area contributed by atoms with E-state index in [-0.39, 0.29) is 18.6 Å². The fourth-order valence-electron chi connectivity index (χ4n) is 2.39. The number of hydrogen-bond donors (Lipinski definition) is 2. The third-order valence-electron chi connectivity index (χ3n) is 3.87. The number of imide groups is 1. The van der Waals surface area contributed by atoms with Gasteiger partial charge in [0.2, 0.25) is 5.91 Å². The largest absolute Gasteiger partial charge is 0.493 e. The van der Waals surface area contributed by atoms with Crippen LogP contribution in [0.3, 0.4) is 0 Å². The highest BCUT2D eigenvalue weighted by Crippen LogP contribution is 2.28. The van der Waals surface area contributed by atoms with E-state index in [1.54, 1.807) is 12.1 Å². The van der Waals surface area contributed by atoms with Crippen molar-refractivity contribution < 1.29 is 28.6 Å². The first-order valence-electron chi connectivity index (χ1n) is 9.24. The van der Waals surface area contributed by atoms with Gasteiger partial charge < -0.3 is 19.5 Å². The predicted molar refractivity (Wildman–Crippen MR) is 110 cm³/mol. The molecule has 0 aliphatic rings. The van der Waals surface area contributed by atoms with Crippen LogP contribution in [-0.2, 0) is 16.1 Å². The minimum Gasteiger partial charge on any atom is -0.493 e. The molecule has 0 bridgehead atoms. The number of carbonyl (C=O) groups is 3. The van der Waals surface area contributed by atoms with Crippen molar-refractivity contribution in [1.29, 1.82) is 0 Å². The zero-order valence-corrected chi connectivity index (χ0v) is 16.7. The van der Waals surface area contributed by atoms with Gasteiger partial charge >= 0.3 is 12.0 Å². The summed E-state index contributed by atoms with van der Waals surface area (Å²) in [6.45, 7) is 3.99. The summed E-state index contributed by atoms with van der Waals surface area (Å²) < 4.78 is 15.7. The lowest BCUT2D eigenvalue weighted by atomic mass is 10.2. The van der Waals surface area contributed by atoms with Crippen molar-refractivity contribution in [1.82, 2.24) is 10.6 Å². The Labute approximate surface area is 174 Å².